The van der Waals surface area contributed by atoms with Gasteiger partial charge in [-0.1, -0.05) is 0 Å². The van der Waals surface area contributed by atoms with Crippen LogP contribution in [0.3, 0.4) is 0 Å². The van der Waals surface area contributed by atoms with E-state index in [4.69, 9.17) is 13.9 Å². The third-order valence-corrected chi connectivity index (χ3v) is 4.61. The maximum absolute atomic E-state index is 14.4. The van der Waals surface area contributed by atoms with Gasteiger partial charge in [-0.2, -0.15) is 0 Å². The third kappa shape index (κ3) is 7.08. The van der Waals surface area contributed by atoms with Gasteiger partial charge in [0.15, 0.2) is 12.0 Å². The molecule has 170 valence electrons. The summed E-state index contributed by atoms with van der Waals surface area (Å²) in [6.07, 6.45) is 0.0266. The minimum atomic E-state index is -0.442. The number of anilines is 2. The molecule has 1 aromatic heterocycles. The van der Waals surface area contributed by atoms with Gasteiger partial charge in [0.2, 0.25) is 0 Å². The molecule has 1 atom stereocenters. The van der Waals surface area contributed by atoms with E-state index in [2.05, 4.69) is 5.32 Å². The van der Waals surface area contributed by atoms with Crippen molar-refractivity contribution in [3.63, 3.8) is 0 Å². The second-order valence-corrected chi connectivity index (χ2v) is 6.99. The van der Waals surface area contributed by atoms with Crippen molar-refractivity contribution in [3.05, 3.63) is 47.7 Å². The maximum Gasteiger partial charge on any atom is 0.414 e. The van der Waals surface area contributed by atoms with Gasteiger partial charge in [0, 0.05) is 26.7 Å². The molecule has 9 heteroatoms. The maximum atomic E-state index is 14.4. The first-order valence-electron chi connectivity index (χ1n) is 10.1. The molecule has 1 aliphatic rings. The highest BCUT2D eigenvalue weighted by atomic mass is 19.1. The molecule has 0 radical (unpaired) electrons. The number of hydrogen-bond acceptors (Lipinski definition) is 7. The molecule has 31 heavy (non-hydrogen) atoms. The summed E-state index contributed by atoms with van der Waals surface area (Å²) < 4.78 is 29.7. The Morgan fingerprint density at radius 2 is 2.13 bits per heavy atom. The summed E-state index contributed by atoms with van der Waals surface area (Å²) in [6, 6.07) is 8.18. The quantitative estimate of drug-likeness (QED) is 0.478. The molecule has 0 spiro atoms. The van der Waals surface area contributed by atoms with E-state index in [1.54, 1.807) is 43.1 Å². The monoisotopic (exact) mass is 435 g/mol. The summed E-state index contributed by atoms with van der Waals surface area (Å²) >= 11 is 0. The van der Waals surface area contributed by atoms with Crippen molar-refractivity contribution >= 4 is 23.8 Å². The topological polar surface area (TPSA) is 84.2 Å². The lowest BCUT2D eigenvalue weighted by Gasteiger charge is -2.21. The Hall–Kier alpha value is -2.91. The zero-order valence-electron chi connectivity index (χ0n) is 18.4. The summed E-state index contributed by atoms with van der Waals surface area (Å²) in [6.45, 7) is 6.49. The smallest absolute Gasteiger partial charge is 0.414 e. The van der Waals surface area contributed by atoms with Crippen LogP contribution in [0.2, 0.25) is 0 Å². The summed E-state index contributed by atoms with van der Waals surface area (Å²) in [7, 11) is 3.60. The fourth-order valence-corrected chi connectivity index (χ4v) is 3.02. The van der Waals surface area contributed by atoms with E-state index in [9.17, 15) is 14.0 Å². The molecule has 0 unspecified atom stereocenters. The zero-order valence-corrected chi connectivity index (χ0v) is 18.4. The van der Waals surface area contributed by atoms with E-state index in [0.717, 1.165) is 5.76 Å². The SMILES string of the molecule is CCOCCN(C)c1ccc(N2C[C@H](CNC)OC2=O)cc1F.Cc1ccc(C=O)o1. The van der Waals surface area contributed by atoms with Crippen LogP contribution in [0.5, 0.6) is 0 Å². The number of halogens is 1. The number of cyclic esters (lactones) is 1. The van der Waals surface area contributed by atoms with Crippen LogP contribution in [-0.2, 0) is 9.47 Å². The van der Waals surface area contributed by atoms with Gasteiger partial charge < -0.3 is 24.1 Å². The first kappa shape index (κ1) is 24.4. The Balaban J connectivity index is 0.000000357. The summed E-state index contributed by atoms with van der Waals surface area (Å²) in [4.78, 5) is 25.1. The molecule has 0 bridgehead atoms. The molecule has 1 N–H and O–H groups in total. The van der Waals surface area contributed by atoms with E-state index in [1.165, 1.54) is 11.0 Å². The largest absolute Gasteiger partial charge is 0.459 e. The van der Waals surface area contributed by atoms with E-state index < -0.39 is 6.09 Å². The minimum Gasteiger partial charge on any atom is -0.459 e. The molecule has 0 aliphatic carbocycles. The molecule has 8 nitrogen and oxygen atoms in total. The van der Waals surface area contributed by atoms with Crippen LogP contribution >= 0.6 is 0 Å². The van der Waals surface area contributed by atoms with Gasteiger partial charge in [0.1, 0.15) is 17.7 Å². The van der Waals surface area contributed by atoms with Crippen molar-refractivity contribution in [2.45, 2.75) is 20.0 Å². The van der Waals surface area contributed by atoms with E-state index in [0.29, 0.717) is 56.3 Å². The van der Waals surface area contributed by atoms with E-state index in [-0.39, 0.29) is 11.9 Å². The van der Waals surface area contributed by atoms with Crippen LogP contribution in [0.25, 0.3) is 0 Å². The Morgan fingerprint density at radius 1 is 1.35 bits per heavy atom. The predicted octanol–water partition coefficient (Wildman–Crippen LogP) is 3.24. The number of rotatable bonds is 9. The molecule has 0 saturated carbocycles. The van der Waals surface area contributed by atoms with Crippen LogP contribution in [-0.4, -0.2) is 65.4 Å². The fourth-order valence-electron chi connectivity index (χ4n) is 3.02. The minimum absolute atomic E-state index is 0.218. The normalized spacial score (nSPS) is 15.3. The number of benzene rings is 1. The van der Waals surface area contributed by atoms with Crippen molar-refractivity contribution in [1.29, 1.82) is 0 Å². The van der Waals surface area contributed by atoms with Gasteiger partial charge in [-0.05, 0) is 51.2 Å². The van der Waals surface area contributed by atoms with Crippen LogP contribution in [0, 0.1) is 12.7 Å². The van der Waals surface area contributed by atoms with E-state index >= 15 is 0 Å². The summed E-state index contributed by atoms with van der Waals surface area (Å²) in [5, 5.41) is 2.97. The second kappa shape index (κ2) is 12.1. The number of ether oxygens (including phenoxy) is 2. The fraction of sp³-hybridized carbons (Fsp3) is 0.455. The average Bonchev–Trinajstić information content (AvgIpc) is 3.33. The Bertz CT molecular complexity index is 857. The molecular formula is C22H30FN3O5. The number of carbonyl (C=O) groups is 2. The highest BCUT2D eigenvalue weighted by molar-refractivity contribution is 5.90. The molecule has 3 rings (SSSR count). The number of likely N-dealkylation sites (N-methyl/N-ethyl adjacent to an activating group) is 2. The predicted molar refractivity (Wildman–Crippen MR) is 117 cm³/mol. The number of aldehydes is 1. The van der Waals surface area contributed by atoms with E-state index in [1.807, 2.05) is 14.0 Å². The van der Waals surface area contributed by atoms with Crippen LogP contribution in [0.15, 0.2) is 34.7 Å². The number of hydrogen-bond donors (Lipinski definition) is 1. The molecule has 1 aliphatic heterocycles. The van der Waals surface area contributed by atoms with Crippen molar-refractivity contribution in [1.82, 2.24) is 5.32 Å². The van der Waals surface area contributed by atoms with Crippen molar-refractivity contribution in [2.75, 3.05) is 56.7 Å². The van der Waals surface area contributed by atoms with Crippen molar-refractivity contribution < 1.29 is 27.9 Å². The Labute approximate surface area is 181 Å². The molecule has 2 heterocycles. The first-order chi connectivity index (χ1) is 14.9. The van der Waals surface area contributed by atoms with Gasteiger partial charge in [-0.25, -0.2) is 9.18 Å². The van der Waals surface area contributed by atoms with Crippen molar-refractivity contribution in [3.8, 4) is 0 Å². The molecular weight excluding hydrogens is 405 g/mol. The lowest BCUT2D eigenvalue weighted by atomic mass is 10.2. The molecule has 1 fully saturated rings. The van der Waals surface area contributed by atoms with Gasteiger partial charge in [0.25, 0.3) is 0 Å². The standard InChI is InChI=1S/C16H24FN3O3.C6H6O2/c1-4-22-8-7-19(3)15-6-5-12(9-14(15)17)20-11-13(10-18-2)23-16(20)21;1-5-2-3-6(4-7)8-5/h5-6,9,13,18H,4,7-8,10-11H2,1-3H3;2-4H,1H3/t13-;/m0./s1. The lowest BCUT2D eigenvalue weighted by molar-refractivity contribution is 0.109. The van der Waals surface area contributed by atoms with Gasteiger partial charge in [-0.3, -0.25) is 9.69 Å². The van der Waals surface area contributed by atoms with Crippen LogP contribution < -0.4 is 15.1 Å². The molecule has 2 aromatic rings. The number of nitrogens with one attached hydrogen (secondary N) is 1. The number of nitrogens with zero attached hydrogens (tertiary/aromatic N) is 2. The Kier molecular flexibility index (Phi) is 9.48. The summed E-state index contributed by atoms with van der Waals surface area (Å²) in [5.74, 6) is 0.793. The lowest BCUT2D eigenvalue weighted by Crippen LogP contribution is -2.29. The van der Waals surface area contributed by atoms with Crippen molar-refractivity contribution in [2.24, 2.45) is 0 Å². The van der Waals surface area contributed by atoms with Gasteiger partial charge >= 0.3 is 6.09 Å². The number of furan rings is 1. The Morgan fingerprint density at radius 3 is 2.68 bits per heavy atom. The van der Waals surface area contributed by atoms with Crippen LogP contribution in [0.1, 0.15) is 23.2 Å². The van der Waals surface area contributed by atoms with Crippen LogP contribution in [0.4, 0.5) is 20.6 Å². The molecule has 1 saturated heterocycles. The molecule has 1 aromatic carbocycles. The third-order valence-electron chi connectivity index (χ3n) is 4.61. The summed E-state index contributed by atoms with van der Waals surface area (Å²) in [5.41, 5.74) is 0.987. The molecule has 1 amide bonds. The van der Waals surface area contributed by atoms with Gasteiger partial charge in [0.05, 0.1) is 24.5 Å². The zero-order chi connectivity index (χ0) is 22.8. The second-order valence-electron chi connectivity index (χ2n) is 6.99. The number of carbonyl (C=O) groups excluding carboxylic acids is 2. The van der Waals surface area contributed by atoms with Gasteiger partial charge in [-0.15, -0.1) is 0 Å². The number of amides is 1. The highest BCUT2D eigenvalue weighted by Crippen LogP contribution is 2.27. The average molecular weight is 435 g/mol. The highest BCUT2D eigenvalue weighted by Gasteiger charge is 2.32. The first-order valence-corrected chi connectivity index (χ1v) is 10.1. The number of aryl methyl sites for hydroxylation is 1.